The first kappa shape index (κ1) is 19.4. The van der Waals surface area contributed by atoms with Crippen LogP contribution in [0.1, 0.15) is 10.4 Å². The molecule has 3 rings (SSSR count). The number of hydrogen-bond acceptors (Lipinski definition) is 5. The summed E-state index contributed by atoms with van der Waals surface area (Å²) in [5.41, 5.74) is 6.16. The number of fused-ring (bicyclic) bond motifs is 1. The number of nitrogens with zero attached hydrogens (tertiary/aromatic N) is 2. The lowest BCUT2D eigenvalue weighted by Crippen LogP contribution is -2.21. The Morgan fingerprint density at radius 3 is 2.68 bits per heavy atom. The maximum atomic E-state index is 12.7. The predicted molar refractivity (Wildman–Crippen MR) is 107 cm³/mol. The normalized spacial score (nSPS) is 12.0. The smallest absolute Gasteiger partial charge is 0.335 e. The fourth-order valence-electron chi connectivity index (χ4n) is 2.51. The van der Waals surface area contributed by atoms with Gasteiger partial charge in [0.25, 0.3) is 10.0 Å². The second-order valence-corrected chi connectivity index (χ2v) is 7.51. The third-order valence-corrected chi connectivity index (χ3v) is 5.32. The highest BCUT2D eigenvalue weighted by atomic mass is 35.5. The molecule has 0 aliphatic rings. The van der Waals surface area contributed by atoms with Crippen molar-refractivity contribution in [3.05, 3.63) is 60.4 Å². The lowest BCUT2D eigenvalue weighted by Gasteiger charge is -2.11. The van der Waals surface area contributed by atoms with Crippen LogP contribution in [-0.4, -0.2) is 30.4 Å². The van der Waals surface area contributed by atoms with Crippen LogP contribution >= 0.6 is 11.8 Å². The molecular weight excluding hydrogens is 406 g/mol. The van der Waals surface area contributed by atoms with Gasteiger partial charge in [-0.1, -0.05) is 12.1 Å². The molecule has 28 heavy (non-hydrogen) atoms. The summed E-state index contributed by atoms with van der Waals surface area (Å²) in [6.45, 7) is 0. The zero-order valence-electron chi connectivity index (χ0n) is 14.1. The molecular formula is C17H14ClN5O4S. The number of aromatic nitrogens is 1. The van der Waals surface area contributed by atoms with Crippen molar-refractivity contribution in [1.29, 1.82) is 0 Å². The number of nitrogens with one attached hydrogen (secondary N) is 2. The molecule has 0 fully saturated rings. The number of carboxylic acids is 1. The van der Waals surface area contributed by atoms with Gasteiger partial charge in [0.15, 0.2) is 0 Å². The molecule has 11 heteroatoms. The second kappa shape index (κ2) is 7.71. The minimum Gasteiger partial charge on any atom is -0.478 e. The van der Waals surface area contributed by atoms with Crippen LogP contribution in [0, 0.1) is 0 Å². The minimum absolute atomic E-state index is 0.0151. The topological polar surface area (TPSA) is 147 Å². The van der Waals surface area contributed by atoms with Gasteiger partial charge in [-0.05, 0) is 30.3 Å². The van der Waals surface area contributed by atoms with E-state index in [0.29, 0.717) is 16.5 Å². The molecule has 2 aromatic carbocycles. The van der Waals surface area contributed by atoms with E-state index in [-0.39, 0.29) is 22.1 Å². The Labute approximate surface area is 165 Å². The Morgan fingerprint density at radius 1 is 1.18 bits per heavy atom. The summed E-state index contributed by atoms with van der Waals surface area (Å²) in [6.07, 6.45) is 3.00. The Morgan fingerprint density at radius 2 is 1.96 bits per heavy atom. The van der Waals surface area contributed by atoms with Crippen LogP contribution in [-0.2, 0) is 10.0 Å². The molecule has 144 valence electrons. The molecule has 0 amide bonds. The third kappa shape index (κ3) is 4.13. The van der Waals surface area contributed by atoms with E-state index in [4.69, 9.17) is 22.6 Å². The van der Waals surface area contributed by atoms with Gasteiger partial charge in [0, 0.05) is 34.4 Å². The Bertz CT molecular complexity index is 1200. The van der Waals surface area contributed by atoms with Crippen LogP contribution in [0.5, 0.6) is 0 Å². The molecule has 5 N–H and O–H groups in total. The van der Waals surface area contributed by atoms with Gasteiger partial charge in [0.05, 0.1) is 22.3 Å². The van der Waals surface area contributed by atoms with Crippen molar-refractivity contribution in [3.63, 3.8) is 0 Å². The van der Waals surface area contributed by atoms with E-state index in [1.165, 1.54) is 48.8 Å². The first-order valence-corrected chi connectivity index (χ1v) is 9.57. The first-order valence-electron chi connectivity index (χ1n) is 7.75. The van der Waals surface area contributed by atoms with E-state index in [1.807, 2.05) is 0 Å². The highest BCUT2D eigenvalue weighted by Gasteiger charge is 2.16. The van der Waals surface area contributed by atoms with E-state index in [2.05, 4.69) is 19.5 Å². The molecule has 0 radical (unpaired) electrons. The molecule has 0 bridgehead atoms. The van der Waals surface area contributed by atoms with Gasteiger partial charge in [-0.25, -0.2) is 13.2 Å². The average Bonchev–Trinajstić information content (AvgIpc) is 2.67. The molecule has 0 aliphatic carbocycles. The Kier molecular flexibility index (Phi) is 5.34. The quantitative estimate of drug-likeness (QED) is 0.367. The molecule has 0 atom stereocenters. The van der Waals surface area contributed by atoms with Crippen molar-refractivity contribution in [2.24, 2.45) is 10.2 Å². The van der Waals surface area contributed by atoms with E-state index in [0.717, 1.165) is 0 Å². The zero-order valence-corrected chi connectivity index (χ0v) is 15.7. The predicted octanol–water partition coefficient (Wildman–Crippen LogP) is 2.61. The molecule has 0 spiro atoms. The number of halogens is 1. The standard InChI is InChI=1S/C17H14ClN5O4S/c18-22-17(19)21-15-9-20-8-11-7-13(4-5-14(11)15)28(26,27)23-12-3-1-2-10(6-12)16(24)25/h1-9,23H,(H,24,25)(H3,19,21,22). The van der Waals surface area contributed by atoms with E-state index < -0.39 is 16.0 Å². The Hall–Kier alpha value is -3.37. The summed E-state index contributed by atoms with van der Waals surface area (Å²) in [5.74, 6) is -1.19. The van der Waals surface area contributed by atoms with Crippen molar-refractivity contribution < 1.29 is 18.3 Å². The monoisotopic (exact) mass is 419 g/mol. The number of nitrogens with two attached hydrogens (primary N) is 1. The van der Waals surface area contributed by atoms with Crippen molar-refractivity contribution in [1.82, 2.24) is 4.98 Å². The summed E-state index contributed by atoms with van der Waals surface area (Å²) in [5, 5.41) is 13.0. The molecule has 1 aromatic heterocycles. The number of rotatable bonds is 5. The molecule has 1 heterocycles. The van der Waals surface area contributed by atoms with Gasteiger partial charge >= 0.3 is 5.97 Å². The molecule has 9 nitrogen and oxygen atoms in total. The summed E-state index contributed by atoms with van der Waals surface area (Å²) >= 11 is 5.30. The van der Waals surface area contributed by atoms with E-state index in [9.17, 15) is 13.2 Å². The number of hydrogen-bond donors (Lipinski definition) is 4. The van der Waals surface area contributed by atoms with Crippen LogP contribution < -0.4 is 15.8 Å². The van der Waals surface area contributed by atoms with Gasteiger partial charge in [0.2, 0.25) is 5.96 Å². The number of benzene rings is 2. The number of anilines is 2. The van der Waals surface area contributed by atoms with E-state index in [1.54, 1.807) is 6.07 Å². The molecule has 0 saturated carbocycles. The van der Waals surface area contributed by atoms with Crippen LogP contribution in [0.2, 0.25) is 0 Å². The van der Waals surface area contributed by atoms with Gasteiger partial charge in [-0.15, -0.1) is 4.51 Å². The summed E-state index contributed by atoms with van der Waals surface area (Å²) in [6, 6.07) is 9.94. The van der Waals surface area contributed by atoms with Gasteiger partial charge in [0.1, 0.15) is 0 Å². The molecule has 3 aromatic rings. The van der Waals surface area contributed by atoms with Crippen molar-refractivity contribution in [3.8, 4) is 0 Å². The highest BCUT2D eigenvalue weighted by molar-refractivity contribution is 7.92. The average molecular weight is 420 g/mol. The van der Waals surface area contributed by atoms with Crippen LogP contribution in [0.25, 0.3) is 10.8 Å². The number of aromatic carboxylic acids is 1. The molecule has 0 aliphatic heterocycles. The number of carbonyl (C=O) groups is 1. The summed E-state index contributed by atoms with van der Waals surface area (Å²) in [7, 11) is -3.95. The molecule has 0 saturated heterocycles. The maximum absolute atomic E-state index is 12.7. The fraction of sp³-hybridized carbons (Fsp3) is 0. The Balaban J connectivity index is 1.96. The third-order valence-electron chi connectivity index (χ3n) is 3.76. The SMILES string of the molecule is NC(=NCl)Nc1cncc2cc(S(=O)(=O)Nc3cccc(C(=O)O)c3)ccc12. The molecule has 0 unspecified atom stereocenters. The van der Waals surface area contributed by atoms with Crippen molar-refractivity contribution in [2.45, 2.75) is 4.90 Å². The first-order chi connectivity index (χ1) is 13.3. The van der Waals surface area contributed by atoms with Gasteiger partial charge in [-0.2, -0.15) is 0 Å². The fourth-order valence-corrected chi connectivity index (χ4v) is 3.64. The highest BCUT2D eigenvalue weighted by Crippen LogP contribution is 2.26. The number of guanidine groups is 1. The number of sulfonamides is 1. The van der Waals surface area contributed by atoms with Gasteiger partial charge < -0.3 is 16.2 Å². The van der Waals surface area contributed by atoms with Crippen LogP contribution in [0.15, 0.2) is 64.3 Å². The van der Waals surface area contributed by atoms with Crippen LogP contribution in [0.3, 0.4) is 0 Å². The summed E-state index contributed by atoms with van der Waals surface area (Å²) < 4.78 is 31.0. The zero-order chi connectivity index (χ0) is 20.3. The maximum Gasteiger partial charge on any atom is 0.335 e. The number of carboxylic acid groups (broad SMARTS) is 1. The largest absolute Gasteiger partial charge is 0.478 e. The summed E-state index contributed by atoms with van der Waals surface area (Å²) in [4.78, 5) is 15.1. The minimum atomic E-state index is -3.95. The van der Waals surface area contributed by atoms with Crippen molar-refractivity contribution >= 4 is 55.9 Å². The van der Waals surface area contributed by atoms with Crippen molar-refractivity contribution in [2.75, 3.05) is 10.0 Å². The van der Waals surface area contributed by atoms with Crippen LogP contribution in [0.4, 0.5) is 11.4 Å². The second-order valence-electron chi connectivity index (χ2n) is 5.66. The lowest BCUT2D eigenvalue weighted by atomic mass is 10.1. The number of pyridine rings is 1. The van der Waals surface area contributed by atoms with Gasteiger partial charge in [-0.3, -0.25) is 9.71 Å². The lowest BCUT2D eigenvalue weighted by molar-refractivity contribution is 0.0697. The van der Waals surface area contributed by atoms with E-state index >= 15 is 0 Å².